The molecule has 0 amide bonds. The van der Waals surface area contributed by atoms with Gasteiger partial charge in [0.25, 0.3) is 5.56 Å². The number of aromatic nitrogens is 2. The predicted octanol–water partition coefficient (Wildman–Crippen LogP) is 1.55. The molecular formula is C14H21N3O2S. The van der Waals surface area contributed by atoms with Gasteiger partial charge in [0, 0.05) is 25.7 Å². The predicted molar refractivity (Wildman–Crippen MR) is 82.3 cm³/mol. The van der Waals surface area contributed by atoms with Crippen LogP contribution in [0.5, 0.6) is 0 Å². The minimum Gasteiger partial charge on any atom is -0.392 e. The Kier molecular flexibility index (Phi) is 4.91. The molecule has 1 unspecified atom stereocenters. The van der Waals surface area contributed by atoms with Gasteiger partial charge in [-0.15, -0.1) is 11.3 Å². The molecule has 0 bridgehead atoms. The molecule has 0 aliphatic rings. The van der Waals surface area contributed by atoms with E-state index in [-0.39, 0.29) is 11.7 Å². The Morgan fingerprint density at radius 2 is 2.20 bits per heavy atom. The van der Waals surface area contributed by atoms with E-state index in [9.17, 15) is 9.90 Å². The zero-order valence-corrected chi connectivity index (χ0v) is 12.9. The summed E-state index contributed by atoms with van der Waals surface area (Å²) in [5.41, 5.74) is 0.784. The van der Waals surface area contributed by atoms with Gasteiger partial charge in [0.2, 0.25) is 0 Å². The highest BCUT2D eigenvalue weighted by Crippen LogP contribution is 2.13. The van der Waals surface area contributed by atoms with Gasteiger partial charge >= 0.3 is 0 Å². The van der Waals surface area contributed by atoms with Gasteiger partial charge in [-0.1, -0.05) is 0 Å². The van der Waals surface area contributed by atoms with E-state index in [1.807, 2.05) is 11.4 Å². The lowest BCUT2D eigenvalue weighted by Gasteiger charge is -2.27. The van der Waals surface area contributed by atoms with Crippen LogP contribution in [0.2, 0.25) is 0 Å². The highest BCUT2D eigenvalue weighted by molar-refractivity contribution is 7.17. The normalized spacial score (nSPS) is 13.5. The first-order valence-corrected chi connectivity index (χ1v) is 7.71. The molecule has 0 radical (unpaired) electrons. The van der Waals surface area contributed by atoms with Crippen molar-refractivity contribution in [3.63, 3.8) is 0 Å². The standard InChI is InChI=1S/C14H21N3O2S/c1-10(2)16(8-11(3)18)5-6-17-9-15-12-4-7-20-13(12)14(17)19/h4,7,9-11,18H,5-6,8H2,1-3H3. The largest absolute Gasteiger partial charge is 0.392 e. The molecule has 0 aliphatic heterocycles. The second-order valence-corrected chi connectivity index (χ2v) is 6.23. The number of nitrogens with zero attached hydrogens (tertiary/aromatic N) is 3. The summed E-state index contributed by atoms with van der Waals surface area (Å²) < 4.78 is 2.36. The summed E-state index contributed by atoms with van der Waals surface area (Å²) in [6.45, 7) is 7.88. The number of hydrogen-bond donors (Lipinski definition) is 1. The molecule has 0 saturated heterocycles. The summed E-state index contributed by atoms with van der Waals surface area (Å²) in [6.07, 6.45) is 1.24. The third-order valence-corrected chi connectivity index (χ3v) is 4.18. The molecule has 5 nitrogen and oxygen atoms in total. The number of aliphatic hydroxyl groups is 1. The SMILES string of the molecule is CC(O)CN(CCn1cnc2ccsc2c1=O)C(C)C. The first kappa shape index (κ1) is 15.2. The Morgan fingerprint density at radius 3 is 2.85 bits per heavy atom. The molecule has 20 heavy (non-hydrogen) atoms. The summed E-state index contributed by atoms with van der Waals surface area (Å²) >= 11 is 1.43. The van der Waals surface area contributed by atoms with Crippen molar-refractivity contribution in [2.75, 3.05) is 13.1 Å². The fraction of sp³-hybridized carbons (Fsp3) is 0.571. The van der Waals surface area contributed by atoms with E-state index in [0.29, 0.717) is 23.8 Å². The van der Waals surface area contributed by atoms with Crippen LogP contribution in [0.4, 0.5) is 0 Å². The summed E-state index contributed by atoms with van der Waals surface area (Å²) in [5.74, 6) is 0. The lowest BCUT2D eigenvalue weighted by molar-refractivity contribution is 0.105. The van der Waals surface area contributed by atoms with Gasteiger partial charge in [-0.25, -0.2) is 4.98 Å². The molecule has 0 aliphatic carbocycles. The average Bonchev–Trinajstić information content (AvgIpc) is 2.84. The van der Waals surface area contributed by atoms with Crippen LogP contribution in [0.15, 0.2) is 22.6 Å². The highest BCUT2D eigenvalue weighted by atomic mass is 32.1. The van der Waals surface area contributed by atoms with Crippen LogP contribution in [0.3, 0.4) is 0 Å². The summed E-state index contributed by atoms with van der Waals surface area (Å²) in [4.78, 5) is 18.7. The van der Waals surface area contributed by atoms with E-state index in [2.05, 4.69) is 23.7 Å². The van der Waals surface area contributed by atoms with Gasteiger partial charge in [-0.3, -0.25) is 14.3 Å². The number of thiophene rings is 1. The Labute approximate surface area is 122 Å². The third-order valence-electron chi connectivity index (χ3n) is 3.29. The van der Waals surface area contributed by atoms with E-state index < -0.39 is 0 Å². The molecule has 110 valence electrons. The zero-order valence-electron chi connectivity index (χ0n) is 12.1. The maximum absolute atomic E-state index is 12.3. The fourth-order valence-electron chi connectivity index (χ4n) is 2.17. The van der Waals surface area contributed by atoms with E-state index >= 15 is 0 Å². The van der Waals surface area contributed by atoms with E-state index in [1.54, 1.807) is 17.8 Å². The maximum atomic E-state index is 12.3. The molecule has 2 heterocycles. The Hall–Kier alpha value is -1.24. The molecule has 6 heteroatoms. The quantitative estimate of drug-likeness (QED) is 0.878. The first-order valence-electron chi connectivity index (χ1n) is 6.83. The number of rotatable bonds is 6. The topological polar surface area (TPSA) is 58.4 Å². The van der Waals surface area contributed by atoms with E-state index in [4.69, 9.17) is 0 Å². The molecule has 2 rings (SSSR count). The average molecular weight is 295 g/mol. The molecule has 2 aromatic heterocycles. The molecule has 0 saturated carbocycles. The Balaban J connectivity index is 2.11. The van der Waals surface area contributed by atoms with Gasteiger partial charge < -0.3 is 5.11 Å². The van der Waals surface area contributed by atoms with Crippen LogP contribution in [-0.4, -0.2) is 44.8 Å². The van der Waals surface area contributed by atoms with Crippen LogP contribution in [-0.2, 0) is 6.54 Å². The lowest BCUT2D eigenvalue weighted by atomic mass is 10.2. The van der Waals surface area contributed by atoms with Crippen molar-refractivity contribution in [3.05, 3.63) is 28.1 Å². The molecule has 0 fully saturated rings. The highest BCUT2D eigenvalue weighted by Gasteiger charge is 2.13. The third kappa shape index (κ3) is 3.45. The summed E-state index contributed by atoms with van der Waals surface area (Å²) in [6, 6.07) is 2.19. The van der Waals surface area contributed by atoms with Crippen molar-refractivity contribution in [2.45, 2.75) is 39.5 Å². The van der Waals surface area contributed by atoms with Crippen LogP contribution < -0.4 is 5.56 Å². The zero-order chi connectivity index (χ0) is 14.7. The minimum atomic E-state index is -0.368. The number of hydrogen-bond acceptors (Lipinski definition) is 5. The van der Waals surface area contributed by atoms with Crippen LogP contribution in [0, 0.1) is 0 Å². The van der Waals surface area contributed by atoms with Crippen molar-refractivity contribution < 1.29 is 5.11 Å². The van der Waals surface area contributed by atoms with Gasteiger partial charge in [0.05, 0.1) is 17.9 Å². The molecule has 0 spiro atoms. The van der Waals surface area contributed by atoms with Crippen molar-refractivity contribution in [1.29, 1.82) is 0 Å². The molecule has 2 aromatic rings. The van der Waals surface area contributed by atoms with Crippen LogP contribution in [0.1, 0.15) is 20.8 Å². The van der Waals surface area contributed by atoms with E-state index in [1.165, 1.54) is 11.3 Å². The Morgan fingerprint density at radius 1 is 1.45 bits per heavy atom. The monoisotopic (exact) mass is 295 g/mol. The van der Waals surface area contributed by atoms with Crippen LogP contribution >= 0.6 is 11.3 Å². The summed E-state index contributed by atoms with van der Waals surface area (Å²) in [7, 11) is 0. The molecule has 0 aromatic carbocycles. The summed E-state index contributed by atoms with van der Waals surface area (Å²) in [5, 5.41) is 11.4. The second kappa shape index (κ2) is 6.47. The lowest BCUT2D eigenvalue weighted by Crippen LogP contribution is -2.39. The molecular weight excluding hydrogens is 274 g/mol. The minimum absolute atomic E-state index is 0.0192. The van der Waals surface area contributed by atoms with Gasteiger partial charge in [-0.05, 0) is 32.2 Å². The first-order chi connectivity index (χ1) is 9.49. The fourth-order valence-corrected chi connectivity index (χ4v) is 2.97. The maximum Gasteiger partial charge on any atom is 0.271 e. The van der Waals surface area contributed by atoms with Gasteiger partial charge in [0.1, 0.15) is 4.70 Å². The van der Waals surface area contributed by atoms with E-state index in [0.717, 1.165) is 12.1 Å². The van der Waals surface area contributed by atoms with Gasteiger partial charge in [0.15, 0.2) is 0 Å². The van der Waals surface area contributed by atoms with Crippen molar-refractivity contribution in [2.24, 2.45) is 0 Å². The van der Waals surface area contributed by atoms with Crippen LogP contribution in [0.25, 0.3) is 10.2 Å². The smallest absolute Gasteiger partial charge is 0.271 e. The molecule has 1 atom stereocenters. The number of aliphatic hydroxyl groups excluding tert-OH is 1. The van der Waals surface area contributed by atoms with Crippen molar-refractivity contribution in [3.8, 4) is 0 Å². The van der Waals surface area contributed by atoms with Crippen molar-refractivity contribution >= 4 is 21.6 Å². The number of fused-ring (bicyclic) bond motifs is 1. The molecule has 1 N–H and O–H groups in total. The Bertz CT molecular complexity index is 618. The van der Waals surface area contributed by atoms with Crippen molar-refractivity contribution in [1.82, 2.24) is 14.5 Å². The second-order valence-electron chi connectivity index (χ2n) is 5.32. The van der Waals surface area contributed by atoms with Gasteiger partial charge in [-0.2, -0.15) is 0 Å².